The van der Waals surface area contributed by atoms with Crippen LogP contribution in [0, 0.1) is 13.8 Å². The molecule has 0 bridgehead atoms. The number of hydrogen-bond acceptors (Lipinski definition) is 3. The fourth-order valence-electron chi connectivity index (χ4n) is 2.91. The van der Waals surface area contributed by atoms with E-state index in [2.05, 4.69) is 61.1 Å². The molecule has 0 radical (unpaired) electrons. The van der Waals surface area contributed by atoms with Crippen LogP contribution in [0.25, 0.3) is 0 Å². The molecule has 2 atom stereocenters. The van der Waals surface area contributed by atoms with Gasteiger partial charge >= 0.3 is 0 Å². The van der Waals surface area contributed by atoms with Crippen molar-refractivity contribution in [1.29, 1.82) is 0 Å². The van der Waals surface area contributed by atoms with Crippen LogP contribution in [0.5, 0.6) is 0 Å². The van der Waals surface area contributed by atoms with Crippen LogP contribution in [-0.2, 0) is 13.1 Å². The van der Waals surface area contributed by atoms with Gasteiger partial charge in [0.05, 0.1) is 5.69 Å². The summed E-state index contributed by atoms with van der Waals surface area (Å²) in [5, 5.41) is 6.11. The standard InChI is InChI=1S/C14H25N3S/c1-6-17-13(5)14(12(4)15-17)9-16-7-10(2)18-11(3)8-16/h10-11H,6-9H2,1-5H3. The summed E-state index contributed by atoms with van der Waals surface area (Å²) < 4.78 is 2.12. The van der Waals surface area contributed by atoms with E-state index < -0.39 is 0 Å². The van der Waals surface area contributed by atoms with Crippen molar-refractivity contribution in [2.75, 3.05) is 13.1 Å². The van der Waals surface area contributed by atoms with Crippen LogP contribution in [0.1, 0.15) is 37.7 Å². The first-order chi connectivity index (χ1) is 8.51. The van der Waals surface area contributed by atoms with Gasteiger partial charge in [0.15, 0.2) is 0 Å². The van der Waals surface area contributed by atoms with Gasteiger partial charge in [-0.1, -0.05) is 13.8 Å². The highest BCUT2D eigenvalue weighted by molar-refractivity contribution is 8.00. The van der Waals surface area contributed by atoms with Gasteiger partial charge in [0.25, 0.3) is 0 Å². The lowest BCUT2D eigenvalue weighted by atomic mass is 10.1. The Morgan fingerprint density at radius 3 is 2.33 bits per heavy atom. The van der Waals surface area contributed by atoms with Crippen LogP contribution in [0.15, 0.2) is 0 Å². The second-order valence-electron chi connectivity index (χ2n) is 5.42. The van der Waals surface area contributed by atoms with Crippen LogP contribution >= 0.6 is 11.8 Å². The van der Waals surface area contributed by atoms with Gasteiger partial charge in [0.2, 0.25) is 0 Å². The van der Waals surface area contributed by atoms with Crippen LogP contribution in [0.4, 0.5) is 0 Å². The van der Waals surface area contributed by atoms with Gasteiger partial charge in [-0.25, -0.2) is 0 Å². The molecule has 1 saturated heterocycles. The molecule has 3 nitrogen and oxygen atoms in total. The monoisotopic (exact) mass is 267 g/mol. The molecule has 1 aliphatic heterocycles. The molecule has 2 rings (SSSR count). The highest BCUT2D eigenvalue weighted by Crippen LogP contribution is 2.26. The first-order valence-electron chi connectivity index (χ1n) is 6.92. The van der Waals surface area contributed by atoms with Crippen LogP contribution in [0.2, 0.25) is 0 Å². The van der Waals surface area contributed by atoms with Crippen molar-refractivity contribution in [3.63, 3.8) is 0 Å². The van der Waals surface area contributed by atoms with E-state index in [4.69, 9.17) is 0 Å². The number of nitrogens with zero attached hydrogens (tertiary/aromatic N) is 3. The molecule has 1 aromatic heterocycles. The summed E-state index contributed by atoms with van der Waals surface area (Å²) in [7, 11) is 0. The molecule has 1 fully saturated rings. The minimum Gasteiger partial charge on any atom is -0.297 e. The molecule has 2 unspecified atom stereocenters. The summed E-state index contributed by atoms with van der Waals surface area (Å²) in [5.74, 6) is 0. The summed E-state index contributed by atoms with van der Waals surface area (Å²) >= 11 is 2.11. The molecule has 1 aliphatic rings. The Labute approximate surface area is 115 Å². The zero-order valence-corrected chi connectivity index (χ0v) is 13.0. The predicted octanol–water partition coefficient (Wildman–Crippen LogP) is 2.85. The van der Waals surface area contributed by atoms with Crippen LogP contribution in [0.3, 0.4) is 0 Å². The molecule has 2 heterocycles. The number of aryl methyl sites for hydroxylation is 2. The fourth-order valence-corrected chi connectivity index (χ4v) is 4.29. The molecule has 4 heteroatoms. The van der Waals surface area contributed by atoms with Crippen molar-refractivity contribution >= 4 is 11.8 Å². The first-order valence-corrected chi connectivity index (χ1v) is 7.86. The Bertz CT molecular complexity index is 403. The summed E-state index contributed by atoms with van der Waals surface area (Å²) in [6.45, 7) is 15.6. The Hall–Kier alpha value is -0.480. The minimum absolute atomic E-state index is 0.746. The summed E-state index contributed by atoms with van der Waals surface area (Å²) in [6, 6.07) is 0. The van der Waals surface area contributed by atoms with Crippen LogP contribution in [-0.4, -0.2) is 38.3 Å². The van der Waals surface area contributed by atoms with E-state index >= 15 is 0 Å². The molecule has 102 valence electrons. The quantitative estimate of drug-likeness (QED) is 0.840. The maximum absolute atomic E-state index is 4.62. The van der Waals surface area contributed by atoms with Crippen molar-refractivity contribution in [2.24, 2.45) is 0 Å². The van der Waals surface area contributed by atoms with Gasteiger partial charge in [-0.05, 0) is 20.8 Å². The molecular formula is C14H25N3S. The maximum atomic E-state index is 4.62. The Morgan fingerprint density at radius 1 is 1.22 bits per heavy atom. The van der Waals surface area contributed by atoms with Gasteiger partial charge in [0, 0.05) is 47.9 Å². The van der Waals surface area contributed by atoms with Crippen molar-refractivity contribution < 1.29 is 0 Å². The van der Waals surface area contributed by atoms with E-state index in [-0.39, 0.29) is 0 Å². The van der Waals surface area contributed by atoms with E-state index in [1.54, 1.807) is 0 Å². The third-order valence-corrected chi connectivity index (χ3v) is 4.94. The Balaban J connectivity index is 2.11. The number of hydrogen-bond donors (Lipinski definition) is 0. The van der Waals surface area contributed by atoms with E-state index in [0.717, 1.165) is 23.6 Å². The van der Waals surface area contributed by atoms with Crippen molar-refractivity contribution in [2.45, 2.75) is 58.2 Å². The van der Waals surface area contributed by atoms with E-state index in [0.29, 0.717) is 0 Å². The van der Waals surface area contributed by atoms with E-state index in [1.807, 2.05) is 0 Å². The highest BCUT2D eigenvalue weighted by atomic mass is 32.2. The lowest BCUT2D eigenvalue weighted by molar-refractivity contribution is 0.262. The first kappa shape index (κ1) is 13.9. The molecule has 0 aromatic carbocycles. The third-order valence-electron chi connectivity index (χ3n) is 3.71. The maximum Gasteiger partial charge on any atom is 0.0641 e. The summed E-state index contributed by atoms with van der Waals surface area (Å²) in [5.41, 5.74) is 3.98. The zero-order valence-electron chi connectivity index (χ0n) is 12.2. The Morgan fingerprint density at radius 2 is 1.83 bits per heavy atom. The summed E-state index contributed by atoms with van der Waals surface area (Å²) in [6.07, 6.45) is 0. The second-order valence-corrected chi connectivity index (χ2v) is 7.30. The van der Waals surface area contributed by atoms with Gasteiger partial charge in [-0.15, -0.1) is 0 Å². The second kappa shape index (κ2) is 5.66. The summed E-state index contributed by atoms with van der Waals surface area (Å²) in [4.78, 5) is 2.59. The largest absolute Gasteiger partial charge is 0.297 e. The lowest BCUT2D eigenvalue weighted by Gasteiger charge is -2.34. The fraction of sp³-hybridized carbons (Fsp3) is 0.786. The van der Waals surface area contributed by atoms with E-state index in [9.17, 15) is 0 Å². The molecule has 0 saturated carbocycles. The van der Waals surface area contributed by atoms with Crippen molar-refractivity contribution in [3.05, 3.63) is 17.0 Å². The number of thioether (sulfide) groups is 1. The Kier molecular flexibility index (Phi) is 4.38. The molecule has 0 aliphatic carbocycles. The molecule has 0 N–H and O–H groups in total. The van der Waals surface area contributed by atoms with Crippen LogP contribution < -0.4 is 0 Å². The third kappa shape index (κ3) is 2.91. The van der Waals surface area contributed by atoms with Gasteiger partial charge in [-0.3, -0.25) is 9.58 Å². The molecule has 0 spiro atoms. The topological polar surface area (TPSA) is 21.1 Å². The van der Waals surface area contributed by atoms with Gasteiger partial charge in [0.1, 0.15) is 0 Å². The van der Waals surface area contributed by atoms with Crippen molar-refractivity contribution in [3.8, 4) is 0 Å². The lowest BCUT2D eigenvalue weighted by Crippen LogP contribution is -2.39. The molecule has 18 heavy (non-hydrogen) atoms. The smallest absolute Gasteiger partial charge is 0.0641 e. The highest BCUT2D eigenvalue weighted by Gasteiger charge is 2.24. The average Bonchev–Trinajstić information content (AvgIpc) is 2.55. The van der Waals surface area contributed by atoms with Gasteiger partial charge < -0.3 is 0 Å². The predicted molar refractivity (Wildman–Crippen MR) is 79.2 cm³/mol. The molecule has 1 aromatic rings. The molecule has 0 amide bonds. The average molecular weight is 267 g/mol. The van der Waals surface area contributed by atoms with Crippen molar-refractivity contribution in [1.82, 2.24) is 14.7 Å². The normalized spacial score (nSPS) is 25.6. The van der Waals surface area contributed by atoms with E-state index in [1.165, 1.54) is 30.0 Å². The number of aromatic nitrogens is 2. The minimum atomic E-state index is 0.746. The zero-order chi connectivity index (χ0) is 13.3. The van der Waals surface area contributed by atoms with Gasteiger partial charge in [-0.2, -0.15) is 16.9 Å². The molecular weight excluding hydrogens is 242 g/mol. The SMILES string of the molecule is CCn1nc(C)c(CN2CC(C)SC(C)C2)c1C. The number of rotatable bonds is 3.